The van der Waals surface area contributed by atoms with Crippen molar-refractivity contribution in [2.24, 2.45) is 0 Å². The lowest BCUT2D eigenvalue weighted by atomic mass is 10.0. The van der Waals surface area contributed by atoms with Crippen LogP contribution in [0.1, 0.15) is 58.2 Å². The number of hydrogen-bond acceptors (Lipinski definition) is 5. The van der Waals surface area contributed by atoms with Crippen molar-refractivity contribution in [2.75, 3.05) is 13.1 Å². The van der Waals surface area contributed by atoms with Gasteiger partial charge < -0.3 is 18.3 Å². The van der Waals surface area contributed by atoms with Gasteiger partial charge in [0.05, 0.1) is 37.6 Å². The van der Waals surface area contributed by atoms with Crippen molar-refractivity contribution < 1.29 is 18.3 Å². The van der Waals surface area contributed by atoms with E-state index in [0.29, 0.717) is 13.2 Å². The van der Waals surface area contributed by atoms with Gasteiger partial charge in [-0.1, -0.05) is 133 Å². The summed E-state index contributed by atoms with van der Waals surface area (Å²) in [7, 11) is -4.52. The van der Waals surface area contributed by atoms with Crippen LogP contribution in [0.15, 0.2) is 91.0 Å². The Balaban J connectivity index is 1.81. The number of likely N-dealkylation sites (tertiary alicyclic amines) is 1. The Labute approximate surface area is 281 Å². The average Bonchev–Trinajstić information content (AvgIpc) is 3.11. The third-order valence-electron chi connectivity index (χ3n) is 10.3. The van der Waals surface area contributed by atoms with Crippen LogP contribution < -0.4 is 0 Å². The number of hydrogen-bond donors (Lipinski definition) is 0. The Morgan fingerprint density at radius 2 is 0.870 bits per heavy atom. The standard InChI is InChI=1S/C39H59NO4Si2/c1-38(2,3)45(7,8)43-36-34(41-29-32-22-16-12-17-23-32)27-40(26-31-20-14-11-15-21-31)28-35(42-30-33-24-18-13-19-25-33)37(36)44-46(9,10)39(4,5)6/h11-25,34-37H,26-30H2,1-10H3/t34-,35-,36+,37+/m0/s1. The second kappa shape index (κ2) is 15.4. The average molecular weight is 662 g/mol. The molecule has 3 aromatic carbocycles. The first-order chi connectivity index (χ1) is 21.6. The summed E-state index contributed by atoms with van der Waals surface area (Å²) in [5, 5.41) is 0.0455. The number of rotatable bonds is 12. The molecule has 0 spiro atoms. The summed E-state index contributed by atoms with van der Waals surface area (Å²) < 4.78 is 28.9. The zero-order valence-corrected chi connectivity index (χ0v) is 32.1. The first-order valence-electron chi connectivity index (χ1n) is 17.0. The predicted octanol–water partition coefficient (Wildman–Crippen LogP) is 9.45. The number of ether oxygens (including phenoxy) is 2. The van der Waals surface area contributed by atoms with Crippen molar-refractivity contribution in [3.05, 3.63) is 108 Å². The van der Waals surface area contributed by atoms with Crippen LogP contribution in [0.4, 0.5) is 0 Å². The number of benzene rings is 3. The van der Waals surface area contributed by atoms with Crippen molar-refractivity contribution in [3.63, 3.8) is 0 Å². The van der Waals surface area contributed by atoms with E-state index in [1.54, 1.807) is 0 Å². The Kier molecular flexibility index (Phi) is 12.3. The highest BCUT2D eigenvalue weighted by Gasteiger charge is 2.51. The molecule has 4 rings (SSSR count). The molecule has 0 bridgehead atoms. The summed E-state index contributed by atoms with van der Waals surface area (Å²) in [6.45, 7) is 26.5. The van der Waals surface area contributed by atoms with Crippen molar-refractivity contribution in [3.8, 4) is 0 Å². The van der Waals surface area contributed by atoms with Gasteiger partial charge >= 0.3 is 0 Å². The van der Waals surface area contributed by atoms with Crippen LogP contribution in [0.3, 0.4) is 0 Å². The van der Waals surface area contributed by atoms with Crippen molar-refractivity contribution in [2.45, 2.75) is 122 Å². The van der Waals surface area contributed by atoms with Crippen molar-refractivity contribution in [1.82, 2.24) is 4.90 Å². The highest BCUT2D eigenvalue weighted by Crippen LogP contribution is 2.43. The van der Waals surface area contributed by atoms with Gasteiger partial charge in [-0.05, 0) is 53.0 Å². The molecule has 0 aliphatic carbocycles. The Bertz CT molecular complexity index is 1240. The molecule has 4 atom stereocenters. The van der Waals surface area contributed by atoms with Gasteiger partial charge in [-0.3, -0.25) is 4.90 Å². The smallest absolute Gasteiger partial charge is 0.192 e. The second-order valence-corrected chi connectivity index (χ2v) is 25.5. The Morgan fingerprint density at radius 1 is 0.543 bits per heavy atom. The van der Waals surface area contributed by atoms with Gasteiger partial charge in [0.25, 0.3) is 0 Å². The summed E-state index contributed by atoms with van der Waals surface area (Å²) >= 11 is 0. The van der Waals surface area contributed by atoms with E-state index >= 15 is 0 Å². The fraction of sp³-hybridized carbons (Fsp3) is 0.538. The van der Waals surface area contributed by atoms with Gasteiger partial charge in [-0.15, -0.1) is 0 Å². The zero-order valence-electron chi connectivity index (χ0n) is 30.1. The van der Waals surface area contributed by atoms with Crippen LogP contribution in [0, 0.1) is 0 Å². The lowest BCUT2D eigenvalue weighted by Gasteiger charge is -2.47. The van der Waals surface area contributed by atoms with Crippen LogP contribution >= 0.6 is 0 Å². The zero-order chi connectivity index (χ0) is 33.6. The van der Waals surface area contributed by atoms with E-state index < -0.39 is 16.6 Å². The molecule has 1 heterocycles. The van der Waals surface area contributed by atoms with Crippen LogP contribution in [-0.4, -0.2) is 59.0 Å². The molecular weight excluding hydrogens is 603 g/mol. The Morgan fingerprint density at radius 3 is 1.20 bits per heavy atom. The molecule has 1 saturated heterocycles. The maximum Gasteiger partial charge on any atom is 0.192 e. The lowest BCUT2D eigenvalue weighted by Crippen LogP contribution is -2.59. The van der Waals surface area contributed by atoms with E-state index in [1.165, 1.54) is 5.56 Å². The molecule has 0 aromatic heterocycles. The van der Waals surface area contributed by atoms with Gasteiger partial charge in [0.1, 0.15) is 0 Å². The molecule has 3 aromatic rings. The highest BCUT2D eigenvalue weighted by atomic mass is 28.4. The maximum absolute atomic E-state index is 7.48. The molecule has 1 fully saturated rings. The van der Waals surface area contributed by atoms with Gasteiger partial charge in [0, 0.05) is 19.6 Å². The summed E-state index contributed by atoms with van der Waals surface area (Å²) in [5.74, 6) is 0. The normalized spacial score (nSPS) is 22.0. The fourth-order valence-electron chi connectivity index (χ4n) is 5.36. The molecular formula is C39H59NO4Si2. The Hall–Kier alpha value is -2.11. The minimum atomic E-state index is -2.26. The van der Waals surface area contributed by atoms with Crippen molar-refractivity contribution in [1.29, 1.82) is 0 Å². The predicted molar refractivity (Wildman–Crippen MR) is 196 cm³/mol. The molecule has 0 unspecified atom stereocenters. The largest absolute Gasteiger partial charge is 0.409 e. The lowest BCUT2D eigenvalue weighted by molar-refractivity contribution is -0.118. The van der Waals surface area contributed by atoms with E-state index in [-0.39, 0.29) is 34.5 Å². The van der Waals surface area contributed by atoms with Gasteiger partial charge in [0.15, 0.2) is 16.6 Å². The molecule has 0 radical (unpaired) electrons. The summed E-state index contributed by atoms with van der Waals surface area (Å²) in [5.41, 5.74) is 3.59. The minimum absolute atomic E-state index is 0.0227. The van der Waals surface area contributed by atoms with Crippen LogP contribution in [0.25, 0.3) is 0 Å². The maximum atomic E-state index is 7.48. The van der Waals surface area contributed by atoms with E-state index in [0.717, 1.165) is 30.8 Å². The first kappa shape index (κ1) is 36.7. The van der Waals surface area contributed by atoms with Crippen LogP contribution in [-0.2, 0) is 38.1 Å². The third kappa shape index (κ3) is 9.95. The molecule has 5 nitrogen and oxygen atoms in total. The molecule has 0 N–H and O–H groups in total. The van der Waals surface area contributed by atoms with Gasteiger partial charge in [0.2, 0.25) is 0 Å². The fourth-order valence-corrected chi connectivity index (χ4v) is 7.99. The van der Waals surface area contributed by atoms with Crippen LogP contribution in [0.5, 0.6) is 0 Å². The molecule has 0 amide bonds. The first-order valence-corrected chi connectivity index (χ1v) is 22.8. The van der Waals surface area contributed by atoms with Gasteiger partial charge in [-0.2, -0.15) is 0 Å². The number of nitrogens with zero attached hydrogens (tertiary/aromatic N) is 1. The molecule has 46 heavy (non-hydrogen) atoms. The third-order valence-corrected chi connectivity index (χ3v) is 19.2. The monoisotopic (exact) mass is 661 g/mol. The van der Waals surface area contributed by atoms with E-state index in [1.807, 2.05) is 0 Å². The van der Waals surface area contributed by atoms with Gasteiger partial charge in [-0.25, -0.2) is 0 Å². The van der Waals surface area contributed by atoms with E-state index in [4.69, 9.17) is 18.3 Å². The second-order valence-electron chi connectivity index (χ2n) is 16.0. The van der Waals surface area contributed by atoms with Crippen molar-refractivity contribution >= 4 is 16.6 Å². The summed E-state index contributed by atoms with van der Waals surface area (Å²) in [4.78, 5) is 2.50. The molecule has 1 aliphatic heterocycles. The molecule has 0 saturated carbocycles. The molecule has 252 valence electrons. The highest BCUT2D eigenvalue weighted by molar-refractivity contribution is 6.74. The topological polar surface area (TPSA) is 40.2 Å². The quantitative estimate of drug-likeness (QED) is 0.181. The van der Waals surface area contributed by atoms with E-state index in [2.05, 4.69) is 164 Å². The van der Waals surface area contributed by atoms with Crippen LogP contribution in [0.2, 0.25) is 36.3 Å². The minimum Gasteiger partial charge on any atom is -0.409 e. The van der Waals surface area contributed by atoms with E-state index in [9.17, 15) is 0 Å². The summed E-state index contributed by atoms with van der Waals surface area (Å²) in [6.07, 6.45) is -1.00. The molecule has 7 heteroatoms. The molecule has 1 aliphatic rings. The SMILES string of the molecule is CC(C)(C)[Si](C)(C)O[C@H]1[C@H](O[Si](C)(C)C(C)(C)C)[C@@H](OCc2ccccc2)CN(Cc2ccccc2)C[C@@H]1OCc1ccccc1. The summed E-state index contributed by atoms with van der Waals surface area (Å²) in [6, 6.07) is 31.7.